The van der Waals surface area contributed by atoms with Crippen molar-refractivity contribution in [1.29, 1.82) is 0 Å². The number of rotatable bonds is 4. The molecule has 4 heteroatoms. The van der Waals surface area contributed by atoms with Crippen LogP contribution < -0.4 is 5.84 Å². The fourth-order valence-corrected chi connectivity index (χ4v) is 2.09. The lowest BCUT2D eigenvalue weighted by atomic mass is 9.87. The van der Waals surface area contributed by atoms with E-state index >= 15 is 0 Å². The highest BCUT2D eigenvalue weighted by Gasteiger charge is 2.30. The first kappa shape index (κ1) is 12.3. The molecule has 0 aromatic carbocycles. The average Bonchev–Trinajstić information content (AvgIpc) is 2.17. The second-order valence-corrected chi connectivity index (χ2v) is 4.45. The molecule has 0 spiro atoms. The van der Waals surface area contributed by atoms with Crippen molar-refractivity contribution in [3.63, 3.8) is 0 Å². The van der Waals surface area contributed by atoms with E-state index in [2.05, 4.69) is 30.8 Å². The van der Waals surface area contributed by atoms with Crippen molar-refractivity contribution in [2.24, 2.45) is 27.7 Å². The molecule has 86 valence electrons. The first-order valence-electron chi connectivity index (χ1n) is 5.64. The molecule has 0 amide bonds. The van der Waals surface area contributed by atoms with Crippen molar-refractivity contribution in [1.82, 2.24) is 5.01 Å². The highest BCUT2D eigenvalue weighted by atomic mass is 15.4. The third-order valence-electron chi connectivity index (χ3n) is 2.77. The molecule has 15 heavy (non-hydrogen) atoms. The predicted molar refractivity (Wildman–Crippen MR) is 64.9 cm³/mol. The maximum Gasteiger partial charge on any atom is 0.124 e. The van der Waals surface area contributed by atoms with Gasteiger partial charge in [-0.2, -0.15) is 0 Å². The number of nitrogens with zero attached hydrogens (tertiary/aromatic N) is 3. The van der Waals surface area contributed by atoms with Gasteiger partial charge >= 0.3 is 0 Å². The highest BCUT2D eigenvalue weighted by molar-refractivity contribution is 5.95. The zero-order valence-electron chi connectivity index (χ0n) is 10.1. The minimum absolute atomic E-state index is 0.0554. The molecule has 1 aliphatic rings. The van der Waals surface area contributed by atoms with Gasteiger partial charge in [0, 0.05) is 18.7 Å². The largest absolute Gasteiger partial charge is 0.267 e. The van der Waals surface area contributed by atoms with Gasteiger partial charge in [-0.05, 0) is 12.3 Å². The Bertz CT molecular complexity index is 255. The van der Waals surface area contributed by atoms with E-state index in [-0.39, 0.29) is 6.17 Å². The molecule has 4 nitrogen and oxygen atoms in total. The van der Waals surface area contributed by atoms with E-state index in [4.69, 9.17) is 5.84 Å². The Hall–Kier alpha value is -0.740. The summed E-state index contributed by atoms with van der Waals surface area (Å²) in [6, 6.07) is 0. The third kappa shape index (κ3) is 2.86. The summed E-state index contributed by atoms with van der Waals surface area (Å²) in [6.07, 6.45) is 3.94. The zero-order chi connectivity index (χ0) is 11.4. The van der Waals surface area contributed by atoms with E-state index in [9.17, 15) is 0 Å². The Labute approximate surface area is 92.2 Å². The molecular formula is C11H22N4. The van der Waals surface area contributed by atoms with Crippen molar-refractivity contribution < 1.29 is 0 Å². The number of nitrogens with two attached hydrogens (primary N) is 1. The van der Waals surface area contributed by atoms with Crippen LogP contribution in [0, 0.1) is 11.8 Å². The molecule has 2 atom stereocenters. The first-order chi connectivity index (χ1) is 7.07. The van der Waals surface area contributed by atoms with Gasteiger partial charge in [-0.15, -0.1) is 0 Å². The maximum atomic E-state index is 5.81. The molecule has 0 saturated carbocycles. The number of aliphatic imine (C=N–C) groups is 2. The predicted octanol–water partition coefficient (Wildman–Crippen LogP) is 1.67. The van der Waals surface area contributed by atoms with Gasteiger partial charge in [0.2, 0.25) is 0 Å². The average molecular weight is 210 g/mol. The van der Waals surface area contributed by atoms with Crippen LogP contribution in [-0.4, -0.2) is 30.3 Å². The first-order valence-corrected chi connectivity index (χ1v) is 5.64. The Morgan fingerprint density at radius 3 is 2.67 bits per heavy atom. The van der Waals surface area contributed by atoms with E-state index in [1.165, 1.54) is 5.71 Å². The molecule has 1 rings (SSSR count). The summed E-state index contributed by atoms with van der Waals surface area (Å²) in [5.74, 6) is 6.65. The Kier molecular flexibility index (Phi) is 4.42. The van der Waals surface area contributed by atoms with Crippen molar-refractivity contribution >= 4 is 12.1 Å². The van der Waals surface area contributed by atoms with Gasteiger partial charge < -0.3 is 0 Å². The molecule has 0 radical (unpaired) electrons. The molecule has 2 unspecified atom stereocenters. The second kappa shape index (κ2) is 5.37. The number of hydrogen-bond acceptors (Lipinski definition) is 4. The highest BCUT2D eigenvalue weighted by Crippen LogP contribution is 2.24. The summed E-state index contributed by atoms with van der Waals surface area (Å²) in [7, 11) is 1.87. The summed E-state index contributed by atoms with van der Waals surface area (Å²) in [5.41, 5.74) is 1.23. The third-order valence-corrected chi connectivity index (χ3v) is 2.77. The standard InChI is InChI=1S/C11H22N4/c1-5-6-9-10(8(2)3)13-7-14-11(9)15(4)12/h7-9,11H,5-6,12H2,1-4H3. The van der Waals surface area contributed by atoms with Crippen LogP contribution in [0.1, 0.15) is 33.6 Å². The lowest BCUT2D eigenvalue weighted by Crippen LogP contribution is -2.46. The minimum atomic E-state index is 0.0554. The molecule has 0 aromatic heterocycles. The van der Waals surface area contributed by atoms with Crippen molar-refractivity contribution in [3.8, 4) is 0 Å². The van der Waals surface area contributed by atoms with E-state index in [0.29, 0.717) is 11.8 Å². The molecule has 1 heterocycles. The van der Waals surface area contributed by atoms with Crippen LogP contribution >= 0.6 is 0 Å². The monoisotopic (exact) mass is 210 g/mol. The molecule has 0 bridgehead atoms. The molecule has 0 aromatic rings. The number of hydrogen-bond donors (Lipinski definition) is 1. The van der Waals surface area contributed by atoms with Crippen molar-refractivity contribution in [2.75, 3.05) is 7.05 Å². The Morgan fingerprint density at radius 2 is 2.20 bits per heavy atom. The van der Waals surface area contributed by atoms with Crippen LogP contribution in [0.3, 0.4) is 0 Å². The summed E-state index contributed by atoms with van der Waals surface area (Å²) < 4.78 is 0. The SMILES string of the molecule is CCCC1C(C(C)C)=NC=NC1N(C)N. The van der Waals surface area contributed by atoms with Gasteiger partial charge in [0.15, 0.2) is 0 Å². The Balaban J connectivity index is 2.86. The minimum Gasteiger partial charge on any atom is -0.267 e. The number of hydrazine groups is 1. The molecule has 0 fully saturated rings. The molecule has 1 aliphatic heterocycles. The van der Waals surface area contributed by atoms with E-state index in [1.54, 1.807) is 11.3 Å². The van der Waals surface area contributed by atoms with Gasteiger partial charge in [0.1, 0.15) is 12.5 Å². The van der Waals surface area contributed by atoms with Crippen LogP contribution in [0.4, 0.5) is 0 Å². The molecule has 0 saturated heterocycles. The fraction of sp³-hybridized carbons (Fsp3) is 0.818. The van der Waals surface area contributed by atoms with Crippen LogP contribution in [0.5, 0.6) is 0 Å². The van der Waals surface area contributed by atoms with Crippen LogP contribution in [0.2, 0.25) is 0 Å². The summed E-state index contributed by atoms with van der Waals surface area (Å²) >= 11 is 0. The maximum absolute atomic E-state index is 5.81. The van der Waals surface area contributed by atoms with E-state index in [1.807, 2.05) is 7.05 Å². The molecular weight excluding hydrogens is 188 g/mol. The Morgan fingerprint density at radius 1 is 1.53 bits per heavy atom. The van der Waals surface area contributed by atoms with Gasteiger partial charge in [-0.25, -0.2) is 10.0 Å². The molecule has 0 aliphatic carbocycles. The topological polar surface area (TPSA) is 54.0 Å². The lowest BCUT2D eigenvalue weighted by Gasteiger charge is -2.33. The van der Waals surface area contributed by atoms with Crippen molar-refractivity contribution in [3.05, 3.63) is 0 Å². The van der Waals surface area contributed by atoms with Crippen molar-refractivity contribution in [2.45, 2.75) is 39.8 Å². The normalized spacial score (nSPS) is 26.2. The van der Waals surface area contributed by atoms with Gasteiger partial charge in [-0.3, -0.25) is 10.8 Å². The molecule has 2 N–H and O–H groups in total. The second-order valence-electron chi connectivity index (χ2n) is 4.45. The van der Waals surface area contributed by atoms with Crippen LogP contribution in [-0.2, 0) is 0 Å². The zero-order valence-corrected chi connectivity index (χ0v) is 10.1. The van der Waals surface area contributed by atoms with Gasteiger partial charge in [-0.1, -0.05) is 27.2 Å². The quantitative estimate of drug-likeness (QED) is 0.567. The van der Waals surface area contributed by atoms with E-state index < -0.39 is 0 Å². The smallest absolute Gasteiger partial charge is 0.124 e. The lowest BCUT2D eigenvalue weighted by molar-refractivity contribution is 0.207. The van der Waals surface area contributed by atoms with Crippen LogP contribution in [0.25, 0.3) is 0 Å². The fourth-order valence-electron chi connectivity index (χ4n) is 2.09. The summed E-state index contributed by atoms with van der Waals surface area (Å²) in [5, 5.41) is 1.69. The summed E-state index contributed by atoms with van der Waals surface area (Å²) in [4.78, 5) is 8.75. The van der Waals surface area contributed by atoms with Crippen LogP contribution in [0.15, 0.2) is 9.98 Å². The van der Waals surface area contributed by atoms with Gasteiger partial charge in [0.25, 0.3) is 0 Å². The van der Waals surface area contributed by atoms with Gasteiger partial charge in [0.05, 0.1) is 0 Å². The summed E-state index contributed by atoms with van der Waals surface area (Å²) in [6.45, 7) is 6.53. The van der Waals surface area contributed by atoms with E-state index in [0.717, 1.165) is 12.8 Å².